The Hall–Kier alpha value is -2.16. The molecule has 0 saturated heterocycles. The fourth-order valence-corrected chi connectivity index (χ4v) is 1.51. The van der Waals surface area contributed by atoms with Crippen LogP contribution in [-0.4, -0.2) is 10.8 Å². The second kappa shape index (κ2) is 5.25. The smallest absolute Gasteiger partial charge is 0.164 e. The monoisotopic (exact) mass is 226 g/mol. The van der Waals surface area contributed by atoms with Gasteiger partial charge in [-0.2, -0.15) is 0 Å². The van der Waals surface area contributed by atoms with Crippen LogP contribution in [0, 0.1) is 0 Å². The van der Waals surface area contributed by atoms with Crippen molar-refractivity contribution in [3.05, 3.63) is 54.2 Å². The Bertz CT molecular complexity index is 491. The molecule has 1 heterocycles. The summed E-state index contributed by atoms with van der Waals surface area (Å²) in [6.07, 6.45) is 2.12. The van der Waals surface area contributed by atoms with Gasteiger partial charge in [0.1, 0.15) is 5.82 Å². The number of pyridine rings is 1. The highest BCUT2D eigenvalue weighted by atomic mass is 16.1. The number of ketones is 1. The third-order valence-electron chi connectivity index (χ3n) is 2.45. The van der Waals surface area contributed by atoms with Crippen LogP contribution in [0.3, 0.4) is 0 Å². The largest absolute Gasteiger partial charge is 0.340 e. The van der Waals surface area contributed by atoms with E-state index in [1.54, 1.807) is 12.3 Å². The fraction of sp³-hybridized carbons (Fsp3) is 0.143. The summed E-state index contributed by atoms with van der Waals surface area (Å²) < 4.78 is 0. The van der Waals surface area contributed by atoms with E-state index in [0.29, 0.717) is 12.0 Å². The van der Waals surface area contributed by atoms with Crippen molar-refractivity contribution >= 4 is 17.3 Å². The van der Waals surface area contributed by atoms with Gasteiger partial charge in [0.2, 0.25) is 0 Å². The van der Waals surface area contributed by atoms with E-state index in [2.05, 4.69) is 10.3 Å². The minimum atomic E-state index is 0.115. The van der Waals surface area contributed by atoms with E-state index < -0.39 is 0 Å². The van der Waals surface area contributed by atoms with E-state index >= 15 is 0 Å². The van der Waals surface area contributed by atoms with Gasteiger partial charge in [0.25, 0.3) is 0 Å². The summed E-state index contributed by atoms with van der Waals surface area (Å²) in [5.41, 5.74) is 1.64. The maximum Gasteiger partial charge on any atom is 0.164 e. The summed E-state index contributed by atoms with van der Waals surface area (Å²) in [6.45, 7) is 1.85. The van der Waals surface area contributed by atoms with Crippen molar-refractivity contribution in [2.75, 3.05) is 5.32 Å². The second-order valence-corrected chi connectivity index (χ2v) is 3.70. The Morgan fingerprint density at radius 1 is 1.18 bits per heavy atom. The minimum Gasteiger partial charge on any atom is -0.340 e. The molecule has 0 amide bonds. The van der Waals surface area contributed by atoms with Gasteiger partial charge in [0.15, 0.2) is 5.78 Å². The molecule has 2 aromatic rings. The number of hydrogen-bond donors (Lipinski definition) is 1. The number of rotatable bonds is 4. The first-order valence-electron chi connectivity index (χ1n) is 5.61. The number of anilines is 2. The average Bonchev–Trinajstić information content (AvgIpc) is 2.40. The van der Waals surface area contributed by atoms with Crippen LogP contribution in [0.2, 0.25) is 0 Å². The van der Waals surface area contributed by atoms with Crippen LogP contribution in [-0.2, 0) is 0 Å². The molecule has 0 unspecified atom stereocenters. The number of nitrogens with one attached hydrogen (secondary N) is 1. The second-order valence-electron chi connectivity index (χ2n) is 3.70. The predicted molar refractivity (Wildman–Crippen MR) is 68.6 cm³/mol. The van der Waals surface area contributed by atoms with Crippen molar-refractivity contribution in [1.29, 1.82) is 0 Å². The minimum absolute atomic E-state index is 0.115. The van der Waals surface area contributed by atoms with Crippen molar-refractivity contribution in [3.63, 3.8) is 0 Å². The molecule has 1 aromatic heterocycles. The molecule has 0 spiro atoms. The van der Waals surface area contributed by atoms with Crippen LogP contribution in [0.15, 0.2) is 48.7 Å². The van der Waals surface area contributed by atoms with Crippen LogP contribution in [0.4, 0.5) is 11.5 Å². The van der Waals surface area contributed by atoms with Gasteiger partial charge in [-0.25, -0.2) is 4.98 Å². The third kappa shape index (κ3) is 2.91. The van der Waals surface area contributed by atoms with E-state index in [1.165, 1.54) is 0 Å². The van der Waals surface area contributed by atoms with Gasteiger partial charge in [-0.15, -0.1) is 0 Å². The summed E-state index contributed by atoms with van der Waals surface area (Å²) in [6, 6.07) is 13.4. The molecule has 0 aliphatic rings. The third-order valence-corrected chi connectivity index (χ3v) is 2.45. The molecule has 0 atom stereocenters. The Labute approximate surface area is 101 Å². The Morgan fingerprint density at radius 3 is 2.53 bits per heavy atom. The van der Waals surface area contributed by atoms with E-state index in [0.717, 1.165) is 11.5 Å². The molecule has 1 N–H and O–H groups in total. The lowest BCUT2D eigenvalue weighted by molar-refractivity contribution is 0.0988. The van der Waals surface area contributed by atoms with Crippen LogP contribution >= 0.6 is 0 Å². The summed E-state index contributed by atoms with van der Waals surface area (Å²) in [4.78, 5) is 15.6. The zero-order valence-corrected chi connectivity index (χ0v) is 9.68. The average molecular weight is 226 g/mol. The first kappa shape index (κ1) is 11.3. The summed E-state index contributed by atoms with van der Waals surface area (Å²) in [5.74, 6) is 0.854. The number of carbonyl (C=O) groups excluding carboxylic acids is 1. The number of carbonyl (C=O) groups is 1. The maximum atomic E-state index is 11.4. The van der Waals surface area contributed by atoms with E-state index in [4.69, 9.17) is 0 Å². The number of benzene rings is 1. The maximum absolute atomic E-state index is 11.4. The highest BCUT2D eigenvalue weighted by molar-refractivity contribution is 5.95. The number of hydrogen-bond acceptors (Lipinski definition) is 3. The molecule has 0 fully saturated rings. The number of para-hydroxylation sites is 1. The molecular weight excluding hydrogens is 212 g/mol. The zero-order valence-electron chi connectivity index (χ0n) is 9.68. The fourth-order valence-electron chi connectivity index (χ4n) is 1.51. The molecule has 0 saturated carbocycles. The summed E-state index contributed by atoms with van der Waals surface area (Å²) in [5, 5.41) is 3.17. The van der Waals surface area contributed by atoms with Gasteiger partial charge < -0.3 is 5.32 Å². The van der Waals surface area contributed by atoms with Crippen molar-refractivity contribution in [2.45, 2.75) is 13.3 Å². The molecule has 1 aromatic carbocycles. The number of nitrogens with zero attached hydrogens (tertiary/aromatic N) is 1. The lowest BCUT2D eigenvalue weighted by Crippen LogP contribution is -1.99. The standard InChI is InChI=1S/C14H14N2O/c1-2-13(17)11-8-9-14(15-10-11)16-12-6-4-3-5-7-12/h3-10H,2H2,1H3,(H,15,16). The van der Waals surface area contributed by atoms with Crippen molar-refractivity contribution in [1.82, 2.24) is 4.98 Å². The molecule has 17 heavy (non-hydrogen) atoms. The molecule has 3 nitrogen and oxygen atoms in total. The number of aromatic nitrogens is 1. The van der Waals surface area contributed by atoms with Crippen LogP contribution < -0.4 is 5.32 Å². The molecule has 3 heteroatoms. The van der Waals surface area contributed by atoms with Gasteiger partial charge in [-0.3, -0.25) is 4.79 Å². The van der Waals surface area contributed by atoms with Crippen LogP contribution in [0.25, 0.3) is 0 Å². The van der Waals surface area contributed by atoms with Gasteiger partial charge >= 0.3 is 0 Å². The van der Waals surface area contributed by atoms with E-state index in [-0.39, 0.29) is 5.78 Å². The van der Waals surface area contributed by atoms with Gasteiger partial charge in [-0.1, -0.05) is 25.1 Å². The first-order chi connectivity index (χ1) is 8.29. The molecule has 86 valence electrons. The molecule has 0 aliphatic carbocycles. The highest BCUT2D eigenvalue weighted by Crippen LogP contribution is 2.14. The highest BCUT2D eigenvalue weighted by Gasteiger charge is 2.03. The molecular formula is C14H14N2O. The van der Waals surface area contributed by atoms with Gasteiger partial charge in [0.05, 0.1) is 0 Å². The normalized spacial score (nSPS) is 9.94. The number of Topliss-reactive ketones (excluding diaryl/α,β-unsaturated/α-hetero) is 1. The summed E-state index contributed by atoms with van der Waals surface area (Å²) >= 11 is 0. The molecule has 0 bridgehead atoms. The topological polar surface area (TPSA) is 42.0 Å². The molecule has 0 radical (unpaired) electrons. The molecule has 0 aliphatic heterocycles. The van der Waals surface area contributed by atoms with Crippen LogP contribution in [0.5, 0.6) is 0 Å². The van der Waals surface area contributed by atoms with Gasteiger partial charge in [0, 0.05) is 23.9 Å². The van der Waals surface area contributed by atoms with Crippen LogP contribution in [0.1, 0.15) is 23.7 Å². The Balaban J connectivity index is 2.11. The van der Waals surface area contributed by atoms with Crippen molar-refractivity contribution < 1.29 is 4.79 Å². The lowest BCUT2D eigenvalue weighted by atomic mass is 10.1. The van der Waals surface area contributed by atoms with Gasteiger partial charge in [-0.05, 0) is 24.3 Å². The van der Waals surface area contributed by atoms with Crippen molar-refractivity contribution in [3.8, 4) is 0 Å². The quantitative estimate of drug-likeness (QED) is 0.812. The van der Waals surface area contributed by atoms with E-state index in [1.807, 2.05) is 43.3 Å². The summed E-state index contributed by atoms with van der Waals surface area (Å²) in [7, 11) is 0. The predicted octanol–water partition coefficient (Wildman–Crippen LogP) is 3.42. The van der Waals surface area contributed by atoms with Crippen molar-refractivity contribution in [2.24, 2.45) is 0 Å². The SMILES string of the molecule is CCC(=O)c1ccc(Nc2ccccc2)nc1. The lowest BCUT2D eigenvalue weighted by Gasteiger charge is -2.05. The zero-order chi connectivity index (χ0) is 12.1. The van der Waals surface area contributed by atoms with E-state index in [9.17, 15) is 4.79 Å². The molecule has 2 rings (SSSR count). The Kier molecular flexibility index (Phi) is 3.50. The first-order valence-corrected chi connectivity index (χ1v) is 5.61. The Morgan fingerprint density at radius 2 is 1.94 bits per heavy atom.